The summed E-state index contributed by atoms with van der Waals surface area (Å²) in [5.41, 5.74) is 7.00. The number of hydrogen-bond acceptors (Lipinski definition) is 5. The van der Waals surface area contributed by atoms with Gasteiger partial charge in [-0.1, -0.05) is 30.3 Å². The molecule has 5 unspecified atom stereocenters. The summed E-state index contributed by atoms with van der Waals surface area (Å²) in [5, 5.41) is 2.78. The molecule has 1 aromatic carbocycles. The highest BCUT2D eigenvalue weighted by atomic mass is 16.5. The van der Waals surface area contributed by atoms with Crippen LogP contribution in [-0.4, -0.2) is 47.9 Å². The fourth-order valence-corrected chi connectivity index (χ4v) is 4.34. The monoisotopic (exact) mass is 357 g/mol. The van der Waals surface area contributed by atoms with Gasteiger partial charge < -0.3 is 15.8 Å². The van der Waals surface area contributed by atoms with Crippen LogP contribution >= 0.6 is 0 Å². The first-order chi connectivity index (χ1) is 12.6. The van der Waals surface area contributed by atoms with E-state index in [0.29, 0.717) is 6.54 Å². The Morgan fingerprint density at radius 1 is 1.15 bits per heavy atom. The number of fused-ring (bicyclic) bond motifs is 5. The van der Waals surface area contributed by atoms with Crippen LogP contribution in [0.15, 0.2) is 30.3 Å². The number of likely N-dealkylation sites (tertiary alicyclic amines) is 1. The molecule has 0 radical (unpaired) electrons. The van der Waals surface area contributed by atoms with Crippen LogP contribution in [-0.2, 0) is 19.1 Å². The summed E-state index contributed by atoms with van der Waals surface area (Å²) < 4.78 is 5.70. The number of ether oxygens (including phenoxy) is 1. The molecule has 3 saturated heterocycles. The van der Waals surface area contributed by atoms with Crippen molar-refractivity contribution in [3.63, 3.8) is 0 Å². The predicted octanol–water partition coefficient (Wildman–Crippen LogP) is 0.355. The van der Waals surface area contributed by atoms with Crippen LogP contribution in [0, 0.1) is 11.8 Å². The lowest BCUT2D eigenvalue weighted by molar-refractivity contribution is -0.142. The van der Waals surface area contributed by atoms with Crippen molar-refractivity contribution in [2.45, 2.75) is 37.5 Å². The molecule has 1 aromatic rings. The number of nitrogens with one attached hydrogen (secondary N) is 1. The standard InChI is InChI=1S/C19H23N3O4/c20-12(11-4-2-1-3-5-11)10-21-15(23)8-9-22-18(24)16-13-6-7-14(26-13)17(16)19(22)25/h1-5,12-14,16-17H,6-10,20H2,(H,21,23). The van der Waals surface area contributed by atoms with Crippen LogP contribution < -0.4 is 11.1 Å². The molecule has 7 heteroatoms. The van der Waals surface area contributed by atoms with Gasteiger partial charge in [-0.15, -0.1) is 0 Å². The highest BCUT2D eigenvalue weighted by molar-refractivity contribution is 6.06. The minimum absolute atomic E-state index is 0.0919. The normalized spacial score (nSPS) is 30.6. The van der Waals surface area contributed by atoms with Crippen molar-refractivity contribution in [1.29, 1.82) is 0 Å². The first kappa shape index (κ1) is 17.2. The maximum absolute atomic E-state index is 12.5. The minimum atomic E-state index is -0.337. The van der Waals surface area contributed by atoms with E-state index in [0.717, 1.165) is 18.4 Å². The Balaban J connectivity index is 1.27. The number of carbonyl (C=O) groups excluding carboxylic acids is 3. The molecule has 138 valence electrons. The van der Waals surface area contributed by atoms with E-state index >= 15 is 0 Å². The molecule has 3 fully saturated rings. The van der Waals surface area contributed by atoms with Crippen molar-refractivity contribution in [1.82, 2.24) is 10.2 Å². The Morgan fingerprint density at radius 2 is 1.77 bits per heavy atom. The molecule has 7 nitrogen and oxygen atoms in total. The number of nitrogens with two attached hydrogens (primary N) is 1. The lowest BCUT2D eigenvalue weighted by atomic mass is 9.81. The molecule has 5 atom stereocenters. The van der Waals surface area contributed by atoms with Crippen molar-refractivity contribution in [3.8, 4) is 0 Å². The molecule has 3 heterocycles. The van der Waals surface area contributed by atoms with Gasteiger partial charge in [0.2, 0.25) is 17.7 Å². The maximum Gasteiger partial charge on any atom is 0.235 e. The zero-order chi connectivity index (χ0) is 18.3. The Hall–Kier alpha value is -2.25. The van der Waals surface area contributed by atoms with Crippen molar-refractivity contribution in [3.05, 3.63) is 35.9 Å². The molecular weight excluding hydrogens is 334 g/mol. The third-order valence-electron chi connectivity index (χ3n) is 5.68. The van der Waals surface area contributed by atoms with Crippen molar-refractivity contribution >= 4 is 17.7 Å². The van der Waals surface area contributed by atoms with E-state index < -0.39 is 0 Å². The van der Waals surface area contributed by atoms with E-state index in [-0.39, 0.29) is 60.8 Å². The number of benzene rings is 1. The first-order valence-corrected chi connectivity index (χ1v) is 9.14. The van der Waals surface area contributed by atoms with Gasteiger partial charge in [0.15, 0.2) is 0 Å². The van der Waals surface area contributed by atoms with Gasteiger partial charge in [0.25, 0.3) is 0 Å². The van der Waals surface area contributed by atoms with Gasteiger partial charge in [0, 0.05) is 25.6 Å². The molecule has 0 spiro atoms. The largest absolute Gasteiger partial charge is 0.373 e. The molecule has 3 aliphatic heterocycles. The average Bonchev–Trinajstić information content (AvgIpc) is 3.33. The number of nitrogens with zero attached hydrogens (tertiary/aromatic N) is 1. The maximum atomic E-state index is 12.5. The molecule has 2 bridgehead atoms. The molecule has 3 amide bonds. The lowest BCUT2D eigenvalue weighted by Crippen LogP contribution is -2.38. The van der Waals surface area contributed by atoms with E-state index in [2.05, 4.69) is 5.32 Å². The van der Waals surface area contributed by atoms with Crippen LogP contribution in [0.5, 0.6) is 0 Å². The molecule has 4 rings (SSSR count). The van der Waals surface area contributed by atoms with Crippen LogP contribution in [0.1, 0.15) is 30.9 Å². The van der Waals surface area contributed by atoms with Gasteiger partial charge in [-0.25, -0.2) is 0 Å². The van der Waals surface area contributed by atoms with Crippen molar-refractivity contribution in [2.24, 2.45) is 17.6 Å². The zero-order valence-electron chi connectivity index (χ0n) is 14.5. The molecule has 0 aromatic heterocycles. The average molecular weight is 357 g/mol. The fraction of sp³-hybridized carbons (Fsp3) is 0.526. The van der Waals surface area contributed by atoms with Gasteiger partial charge in [0.05, 0.1) is 24.0 Å². The number of rotatable bonds is 6. The number of imide groups is 1. The molecule has 0 saturated carbocycles. The van der Waals surface area contributed by atoms with E-state index in [1.165, 1.54) is 4.90 Å². The number of hydrogen-bond donors (Lipinski definition) is 2. The highest BCUT2D eigenvalue weighted by Gasteiger charge is 2.62. The molecule has 3 aliphatic rings. The van der Waals surface area contributed by atoms with Crippen molar-refractivity contribution < 1.29 is 19.1 Å². The van der Waals surface area contributed by atoms with Gasteiger partial charge >= 0.3 is 0 Å². The van der Waals surface area contributed by atoms with Gasteiger partial charge in [-0.05, 0) is 18.4 Å². The Kier molecular flexibility index (Phi) is 4.50. The summed E-state index contributed by atoms with van der Waals surface area (Å²) in [4.78, 5) is 38.4. The third kappa shape index (κ3) is 2.91. The van der Waals surface area contributed by atoms with E-state index in [1.807, 2.05) is 30.3 Å². The summed E-state index contributed by atoms with van der Waals surface area (Å²) in [7, 11) is 0. The topological polar surface area (TPSA) is 102 Å². The quantitative estimate of drug-likeness (QED) is 0.716. The van der Waals surface area contributed by atoms with Gasteiger partial charge in [-0.3, -0.25) is 19.3 Å². The SMILES string of the molecule is NC(CNC(=O)CCN1C(=O)C2C3CCC(O3)C2C1=O)c1ccccc1. The summed E-state index contributed by atoms with van der Waals surface area (Å²) in [5.74, 6) is -1.25. The van der Waals surface area contributed by atoms with E-state index in [4.69, 9.17) is 10.5 Å². The smallest absolute Gasteiger partial charge is 0.235 e. The molecule has 0 aliphatic carbocycles. The molecule has 3 N–H and O–H groups in total. The number of carbonyl (C=O) groups is 3. The second kappa shape index (κ2) is 6.81. The highest BCUT2D eigenvalue weighted by Crippen LogP contribution is 2.48. The second-order valence-corrected chi connectivity index (χ2v) is 7.24. The predicted molar refractivity (Wildman–Crippen MR) is 92.6 cm³/mol. The van der Waals surface area contributed by atoms with Crippen LogP contribution in [0.2, 0.25) is 0 Å². The Labute approximate surface area is 151 Å². The third-order valence-corrected chi connectivity index (χ3v) is 5.68. The van der Waals surface area contributed by atoms with Crippen LogP contribution in [0.25, 0.3) is 0 Å². The Bertz CT molecular complexity index is 695. The van der Waals surface area contributed by atoms with Gasteiger partial charge in [-0.2, -0.15) is 0 Å². The summed E-state index contributed by atoms with van der Waals surface area (Å²) in [6, 6.07) is 9.24. The fourth-order valence-electron chi connectivity index (χ4n) is 4.34. The van der Waals surface area contributed by atoms with Crippen LogP contribution in [0.4, 0.5) is 0 Å². The Morgan fingerprint density at radius 3 is 2.38 bits per heavy atom. The summed E-state index contributed by atoms with van der Waals surface area (Å²) in [6.45, 7) is 0.435. The molecular formula is C19H23N3O4. The van der Waals surface area contributed by atoms with Crippen LogP contribution in [0.3, 0.4) is 0 Å². The van der Waals surface area contributed by atoms with E-state index in [1.54, 1.807) is 0 Å². The zero-order valence-corrected chi connectivity index (χ0v) is 14.5. The van der Waals surface area contributed by atoms with E-state index in [9.17, 15) is 14.4 Å². The van der Waals surface area contributed by atoms with Crippen molar-refractivity contribution in [2.75, 3.05) is 13.1 Å². The summed E-state index contributed by atoms with van der Waals surface area (Å²) >= 11 is 0. The first-order valence-electron chi connectivity index (χ1n) is 9.14. The number of amides is 3. The second-order valence-electron chi connectivity index (χ2n) is 7.24. The van der Waals surface area contributed by atoms with Gasteiger partial charge in [0.1, 0.15) is 0 Å². The molecule has 26 heavy (non-hydrogen) atoms. The lowest BCUT2D eigenvalue weighted by Gasteiger charge is -2.18. The summed E-state index contributed by atoms with van der Waals surface area (Å²) in [6.07, 6.45) is 1.54. The minimum Gasteiger partial charge on any atom is -0.373 e.